The number of nitro groups is 1. The van der Waals surface area contributed by atoms with Crippen molar-refractivity contribution < 1.29 is 19.6 Å². The molecule has 128 valence electrons. The highest BCUT2D eigenvalue weighted by Crippen LogP contribution is 2.17. The number of rotatable bonds is 8. The van der Waals surface area contributed by atoms with Gasteiger partial charge in [-0.2, -0.15) is 0 Å². The maximum absolute atomic E-state index is 12.3. The third-order valence-corrected chi connectivity index (χ3v) is 3.56. The first-order valence-electron chi connectivity index (χ1n) is 7.53. The number of pyridine rings is 1. The van der Waals surface area contributed by atoms with Gasteiger partial charge in [-0.25, -0.2) is 4.98 Å². The molecule has 2 aromatic rings. The first-order chi connectivity index (χ1) is 11.4. The zero-order chi connectivity index (χ0) is 17.7. The third kappa shape index (κ3) is 4.06. The van der Waals surface area contributed by atoms with Crippen molar-refractivity contribution in [2.75, 3.05) is 6.54 Å². The molecular weight excluding hydrogens is 316 g/mol. The van der Waals surface area contributed by atoms with Gasteiger partial charge in [-0.3, -0.25) is 24.1 Å². The Kier molecular flexibility index (Phi) is 5.46. The van der Waals surface area contributed by atoms with Crippen LogP contribution in [0.5, 0.6) is 0 Å². The lowest BCUT2D eigenvalue weighted by molar-refractivity contribution is -0.385. The summed E-state index contributed by atoms with van der Waals surface area (Å²) in [6.45, 7) is 2.07. The van der Waals surface area contributed by atoms with Gasteiger partial charge in [0.2, 0.25) is 0 Å². The number of carboxylic acids is 1. The number of unbranched alkanes of at least 4 members (excludes halogenated alkanes) is 2. The molecule has 0 radical (unpaired) electrons. The van der Waals surface area contributed by atoms with Crippen LogP contribution in [0, 0.1) is 17.0 Å². The van der Waals surface area contributed by atoms with Gasteiger partial charge in [0.25, 0.3) is 11.6 Å². The summed E-state index contributed by atoms with van der Waals surface area (Å²) < 4.78 is 1.41. The normalized spacial score (nSPS) is 10.7. The van der Waals surface area contributed by atoms with Gasteiger partial charge in [-0.1, -0.05) is 6.42 Å². The van der Waals surface area contributed by atoms with Crippen LogP contribution in [0.25, 0.3) is 5.65 Å². The van der Waals surface area contributed by atoms with Crippen LogP contribution in [0.1, 0.15) is 41.9 Å². The second-order valence-corrected chi connectivity index (χ2v) is 5.38. The van der Waals surface area contributed by atoms with Gasteiger partial charge in [-0.05, 0) is 25.8 Å². The summed E-state index contributed by atoms with van der Waals surface area (Å²) in [6.07, 6.45) is 3.31. The van der Waals surface area contributed by atoms with Gasteiger partial charge >= 0.3 is 5.97 Å². The largest absolute Gasteiger partial charge is 0.481 e. The van der Waals surface area contributed by atoms with Crippen LogP contribution in [0.3, 0.4) is 0 Å². The number of aryl methyl sites for hydroxylation is 1. The van der Waals surface area contributed by atoms with E-state index < -0.39 is 10.9 Å². The van der Waals surface area contributed by atoms with Crippen LogP contribution in [-0.4, -0.2) is 37.8 Å². The molecule has 2 rings (SSSR count). The first-order valence-corrected chi connectivity index (χ1v) is 7.53. The molecule has 24 heavy (non-hydrogen) atoms. The lowest BCUT2D eigenvalue weighted by Crippen LogP contribution is -2.26. The number of aromatic nitrogens is 2. The van der Waals surface area contributed by atoms with E-state index in [1.165, 1.54) is 22.7 Å². The van der Waals surface area contributed by atoms with Crippen molar-refractivity contribution in [1.29, 1.82) is 0 Å². The van der Waals surface area contributed by atoms with Crippen LogP contribution in [0.4, 0.5) is 5.69 Å². The van der Waals surface area contributed by atoms with Gasteiger partial charge in [0.05, 0.1) is 16.8 Å². The van der Waals surface area contributed by atoms with Gasteiger partial charge < -0.3 is 10.4 Å². The SMILES string of the molecule is Cc1nc2ccc([N+](=O)[O-])cn2c1C(=O)NCCCCCC(=O)O. The lowest BCUT2D eigenvalue weighted by atomic mass is 10.2. The minimum atomic E-state index is -0.831. The summed E-state index contributed by atoms with van der Waals surface area (Å²) in [4.78, 5) is 37.3. The first kappa shape index (κ1) is 17.4. The standard InChI is InChI=1S/C15H18N4O5/c1-10-14(15(22)16-8-4-2-3-5-13(20)21)18-9-11(19(23)24)6-7-12(18)17-10/h6-7,9H,2-5,8H2,1H3,(H,16,22)(H,20,21). The molecule has 2 aromatic heterocycles. The highest BCUT2D eigenvalue weighted by molar-refractivity contribution is 5.94. The Hall–Kier alpha value is -2.97. The highest BCUT2D eigenvalue weighted by atomic mass is 16.6. The number of carboxylic acid groups (broad SMARTS) is 1. The van der Waals surface area contributed by atoms with E-state index in [1.807, 2.05) is 0 Å². The Balaban J connectivity index is 2.03. The molecule has 0 bridgehead atoms. The van der Waals surface area contributed by atoms with Crippen molar-refractivity contribution in [2.45, 2.75) is 32.6 Å². The van der Waals surface area contributed by atoms with Crippen molar-refractivity contribution >= 4 is 23.2 Å². The van der Waals surface area contributed by atoms with Crippen molar-refractivity contribution in [1.82, 2.24) is 14.7 Å². The molecule has 0 spiro atoms. The number of fused-ring (bicyclic) bond motifs is 1. The fourth-order valence-corrected chi connectivity index (χ4v) is 2.40. The molecule has 9 heteroatoms. The van der Waals surface area contributed by atoms with Crippen molar-refractivity contribution in [3.63, 3.8) is 0 Å². The van der Waals surface area contributed by atoms with E-state index in [4.69, 9.17) is 5.11 Å². The van der Waals surface area contributed by atoms with Gasteiger partial charge in [-0.15, -0.1) is 0 Å². The number of hydrogen-bond acceptors (Lipinski definition) is 5. The summed E-state index contributed by atoms with van der Waals surface area (Å²) in [5, 5.41) is 22.2. The summed E-state index contributed by atoms with van der Waals surface area (Å²) >= 11 is 0. The highest BCUT2D eigenvalue weighted by Gasteiger charge is 2.18. The second-order valence-electron chi connectivity index (χ2n) is 5.38. The summed E-state index contributed by atoms with van der Waals surface area (Å²) in [5.74, 6) is -1.19. The Bertz CT molecular complexity index is 784. The molecule has 0 saturated carbocycles. The van der Waals surface area contributed by atoms with E-state index in [0.29, 0.717) is 37.1 Å². The zero-order valence-corrected chi connectivity index (χ0v) is 13.2. The predicted octanol–water partition coefficient (Wildman–Crippen LogP) is 1.93. The van der Waals surface area contributed by atoms with Crippen LogP contribution < -0.4 is 5.32 Å². The molecule has 0 fully saturated rings. The number of nitrogens with one attached hydrogen (secondary N) is 1. The summed E-state index contributed by atoms with van der Waals surface area (Å²) in [6, 6.07) is 2.83. The average molecular weight is 334 g/mol. The molecule has 0 aliphatic rings. The molecule has 2 heterocycles. The fourth-order valence-electron chi connectivity index (χ4n) is 2.40. The van der Waals surface area contributed by atoms with Crippen molar-refractivity contribution in [3.05, 3.63) is 39.8 Å². The van der Waals surface area contributed by atoms with Crippen LogP contribution >= 0.6 is 0 Å². The van der Waals surface area contributed by atoms with Crippen molar-refractivity contribution in [2.24, 2.45) is 0 Å². The van der Waals surface area contributed by atoms with Gasteiger partial charge in [0.15, 0.2) is 0 Å². The van der Waals surface area contributed by atoms with Gasteiger partial charge in [0, 0.05) is 19.0 Å². The minimum Gasteiger partial charge on any atom is -0.481 e. The molecule has 0 saturated heterocycles. The van der Waals surface area contributed by atoms with Crippen molar-refractivity contribution in [3.8, 4) is 0 Å². The monoisotopic (exact) mass is 334 g/mol. The van der Waals surface area contributed by atoms with E-state index in [9.17, 15) is 19.7 Å². The second kappa shape index (κ2) is 7.53. The maximum atomic E-state index is 12.3. The number of nitrogens with zero attached hydrogens (tertiary/aromatic N) is 3. The number of imidazole rings is 1. The number of carbonyl (C=O) groups excluding carboxylic acids is 1. The molecule has 0 unspecified atom stereocenters. The third-order valence-electron chi connectivity index (χ3n) is 3.56. The Morgan fingerprint density at radius 3 is 2.75 bits per heavy atom. The predicted molar refractivity (Wildman–Crippen MR) is 85.0 cm³/mol. The topological polar surface area (TPSA) is 127 Å². The number of amides is 1. The van der Waals surface area contributed by atoms with Crippen LogP contribution in [-0.2, 0) is 4.79 Å². The van der Waals surface area contributed by atoms with E-state index >= 15 is 0 Å². The van der Waals surface area contributed by atoms with Crippen LogP contribution in [0.2, 0.25) is 0 Å². The van der Waals surface area contributed by atoms with Gasteiger partial charge in [0.1, 0.15) is 11.3 Å². The molecule has 9 nitrogen and oxygen atoms in total. The molecule has 0 aromatic carbocycles. The lowest BCUT2D eigenvalue weighted by Gasteiger charge is -2.06. The molecule has 0 aliphatic heterocycles. The van der Waals surface area contributed by atoms with E-state index in [0.717, 1.165) is 0 Å². The Morgan fingerprint density at radius 2 is 2.08 bits per heavy atom. The van der Waals surface area contributed by atoms with E-state index in [-0.39, 0.29) is 23.7 Å². The quantitative estimate of drug-likeness (QED) is 0.431. The number of aliphatic carboxylic acids is 1. The Morgan fingerprint density at radius 1 is 1.33 bits per heavy atom. The van der Waals surface area contributed by atoms with E-state index in [1.54, 1.807) is 6.92 Å². The Labute approximate surface area is 137 Å². The summed E-state index contributed by atoms with van der Waals surface area (Å²) in [7, 11) is 0. The summed E-state index contributed by atoms with van der Waals surface area (Å²) in [5.41, 5.74) is 1.09. The minimum absolute atomic E-state index is 0.115. The smallest absolute Gasteiger partial charge is 0.303 e. The van der Waals surface area contributed by atoms with E-state index in [2.05, 4.69) is 10.3 Å². The van der Waals surface area contributed by atoms with Crippen LogP contribution in [0.15, 0.2) is 18.3 Å². The zero-order valence-electron chi connectivity index (χ0n) is 13.2. The fraction of sp³-hybridized carbons (Fsp3) is 0.400. The molecule has 0 atom stereocenters. The molecule has 2 N–H and O–H groups in total. The maximum Gasteiger partial charge on any atom is 0.303 e. The average Bonchev–Trinajstić information content (AvgIpc) is 2.85. The molecule has 1 amide bonds. The number of hydrogen-bond donors (Lipinski definition) is 2. The number of carbonyl (C=O) groups is 2. The molecular formula is C15H18N4O5. The molecule has 0 aliphatic carbocycles.